The summed E-state index contributed by atoms with van der Waals surface area (Å²) in [5.41, 5.74) is 0.719. The van der Waals surface area contributed by atoms with Crippen LogP contribution < -0.4 is 5.46 Å². The molecule has 2 rings (SSSR count). The van der Waals surface area contributed by atoms with Gasteiger partial charge in [-0.05, 0) is 17.6 Å². The van der Waals surface area contributed by atoms with Gasteiger partial charge in [-0.2, -0.15) is 0 Å². The summed E-state index contributed by atoms with van der Waals surface area (Å²) in [5, 5.41) is 9.22. The van der Waals surface area contributed by atoms with Crippen molar-refractivity contribution in [1.29, 1.82) is 0 Å². The van der Waals surface area contributed by atoms with Crippen molar-refractivity contribution in [2.75, 3.05) is 13.2 Å². The largest absolute Gasteiger partial charge is 0.493 e. The Kier molecular flexibility index (Phi) is 3.66. The predicted octanol–water partition coefficient (Wildman–Crippen LogP) is 1.81. The maximum atomic E-state index is 11.0. The lowest BCUT2D eigenvalue weighted by Gasteiger charge is -2.33. The van der Waals surface area contributed by atoms with Crippen LogP contribution in [0.4, 0.5) is 0 Å². The van der Waals surface area contributed by atoms with Crippen molar-refractivity contribution in [2.45, 2.75) is 13.8 Å². The molecule has 1 N–H and O–H groups in total. The van der Waals surface area contributed by atoms with E-state index in [0.717, 1.165) is 0 Å². The van der Waals surface area contributed by atoms with Gasteiger partial charge in [0, 0.05) is 18.6 Å². The van der Waals surface area contributed by atoms with E-state index in [4.69, 9.17) is 26.0 Å². The molecule has 96 valence electrons. The maximum absolute atomic E-state index is 11.0. The highest BCUT2D eigenvalue weighted by Gasteiger charge is 2.33. The fourth-order valence-electron chi connectivity index (χ4n) is 1.74. The quantitative estimate of drug-likeness (QED) is 0.831. The number of rotatable bonds is 2. The summed E-state index contributed by atoms with van der Waals surface area (Å²) < 4.78 is 11.2. The third-order valence-electron chi connectivity index (χ3n) is 2.74. The Morgan fingerprint density at radius 3 is 2.56 bits per heavy atom. The van der Waals surface area contributed by atoms with E-state index in [-0.39, 0.29) is 16.0 Å². The molecule has 1 aliphatic rings. The van der Waals surface area contributed by atoms with Crippen molar-refractivity contribution < 1.29 is 19.2 Å². The smallest absolute Gasteiger partial charge is 0.478 e. The molecular weight excluding hydrogens is 254 g/mol. The van der Waals surface area contributed by atoms with E-state index in [1.54, 1.807) is 12.1 Å². The summed E-state index contributed by atoms with van der Waals surface area (Å²) in [5.74, 6) is -1.06. The van der Waals surface area contributed by atoms with Gasteiger partial charge in [0.25, 0.3) is 0 Å². The average molecular weight is 269 g/mol. The van der Waals surface area contributed by atoms with Crippen molar-refractivity contribution in [2.24, 2.45) is 5.41 Å². The molecule has 1 aromatic carbocycles. The van der Waals surface area contributed by atoms with Crippen LogP contribution in [-0.2, 0) is 9.31 Å². The normalized spacial score (nSPS) is 18.7. The van der Waals surface area contributed by atoms with Crippen molar-refractivity contribution in [1.82, 2.24) is 0 Å². The van der Waals surface area contributed by atoms with E-state index in [1.807, 2.05) is 13.8 Å². The zero-order chi connectivity index (χ0) is 13.3. The molecule has 0 bridgehead atoms. The Hall–Kier alpha value is -1.04. The molecule has 1 saturated heterocycles. The summed E-state index contributed by atoms with van der Waals surface area (Å²) in [6, 6.07) is 4.76. The summed E-state index contributed by atoms with van der Waals surface area (Å²) in [7, 11) is -0.520. The fraction of sp³-hybridized carbons (Fsp3) is 0.417. The van der Waals surface area contributed by atoms with E-state index >= 15 is 0 Å². The van der Waals surface area contributed by atoms with Crippen LogP contribution >= 0.6 is 11.6 Å². The summed E-state index contributed by atoms with van der Waals surface area (Å²) >= 11 is 5.81. The lowest BCUT2D eigenvalue weighted by Crippen LogP contribution is -2.47. The fourth-order valence-corrected chi connectivity index (χ4v) is 1.94. The lowest BCUT2D eigenvalue weighted by molar-refractivity contribution is 0.0343. The second kappa shape index (κ2) is 4.92. The highest BCUT2D eigenvalue weighted by atomic mass is 35.5. The Bertz CT molecular complexity index is 465. The van der Waals surface area contributed by atoms with Crippen LogP contribution in [-0.4, -0.2) is 31.4 Å². The third kappa shape index (κ3) is 2.86. The van der Waals surface area contributed by atoms with E-state index in [0.29, 0.717) is 18.7 Å². The van der Waals surface area contributed by atoms with Gasteiger partial charge in [-0.15, -0.1) is 0 Å². The molecule has 6 heteroatoms. The average Bonchev–Trinajstić information content (AvgIpc) is 2.30. The van der Waals surface area contributed by atoms with E-state index in [1.165, 1.54) is 6.07 Å². The molecule has 0 aromatic heterocycles. The minimum Gasteiger partial charge on any atom is -0.478 e. The highest BCUT2D eigenvalue weighted by molar-refractivity contribution is 6.61. The van der Waals surface area contributed by atoms with Gasteiger partial charge < -0.3 is 14.4 Å². The zero-order valence-corrected chi connectivity index (χ0v) is 11.0. The second-order valence-corrected chi connectivity index (χ2v) is 5.57. The van der Waals surface area contributed by atoms with Gasteiger partial charge in [0.2, 0.25) is 0 Å². The summed E-state index contributed by atoms with van der Waals surface area (Å²) in [4.78, 5) is 11.0. The zero-order valence-electron chi connectivity index (χ0n) is 10.3. The summed E-state index contributed by atoms with van der Waals surface area (Å²) in [6.45, 7) is 5.24. The number of halogens is 1. The number of hydrogen-bond acceptors (Lipinski definition) is 3. The first kappa shape index (κ1) is 13.4. The molecule has 1 aromatic rings. The van der Waals surface area contributed by atoms with Gasteiger partial charge in [-0.1, -0.05) is 31.5 Å². The molecule has 1 aliphatic heterocycles. The molecule has 0 aliphatic carbocycles. The van der Waals surface area contributed by atoms with Crippen molar-refractivity contribution in [3.63, 3.8) is 0 Å². The standard InChI is InChI=1S/C12H14BClO4/c1-12(2)6-17-13(18-7-12)8-3-4-10(14)9(5-8)11(15)16/h3-5H,6-7H2,1-2H3,(H,15,16). The van der Waals surface area contributed by atoms with Gasteiger partial charge in [-0.25, -0.2) is 4.79 Å². The molecule has 18 heavy (non-hydrogen) atoms. The van der Waals surface area contributed by atoms with Crippen molar-refractivity contribution >= 4 is 30.2 Å². The van der Waals surface area contributed by atoms with Gasteiger partial charge in [0.1, 0.15) is 0 Å². The van der Waals surface area contributed by atoms with Crippen LogP contribution in [0.2, 0.25) is 5.02 Å². The van der Waals surface area contributed by atoms with Crippen LogP contribution in [0.25, 0.3) is 0 Å². The van der Waals surface area contributed by atoms with Gasteiger partial charge in [0.15, 0.2) is 0 Å². The Balaban J connectivity index is 2.20. The minimum atomic E-state index is -1.06. The lowest BCUT2D eigenvalue weighted by atomic mass is 9.75. The van der Waals surface area contributed by atoms with E-state index in [9.17, 15) is 4.79 Å². The first-order valence-corrected chi connectivity index (χ1v) is 6.03. The molecule has 0 spiro atoms. The third-order valence-corrected chi connectivity index (χ3v) is 3.07. The van der Waals surface area contributed by atoms with Gasteiger partial charge in [0.05, 0.1) is 10.6 Å². The molecular formula is C12H14BClO4. The minimum absolute atomic E-state index is 0.0153. The first-order valence-electron chi connectivity index (χ1n) is 5.65. The second-order valence-electron chi connectivity index (χ2n) is 5.16. The van der Waals surface area contributed by atoms with Crippen LogP contribution in [0.3, 0.4) is 0 Å². The summed E-state index contributed by atoms with van der Waals surface area (Å²) in [6.07, 6.45) is 0. The Labute approximate surface area is 111 Å². The monoisotopic (exact) mass is 268 g/mol. The van der Waals surface area contributed by atoms with Crippen LogP contribution in [0, 0.1) is 5.41 Å². The van der Waals surface area contributed by atoms with Crippen LogP contribution in [0.1, 0.15) is 24.2 Å². The molecule has 0 saturated carbocycles. The number of carboxylic acid groups (broad SMARTS) is 1. The number of hydrogen-bond donors (Lipinski definition) is 1. The molecule has 0 atom stereocenters. The SMILES string of the molecule is CC1(C)COB(c2ccc(Cl)c(C(=O)O)c2)OC1. The highest BCUT2D eigenvalue weighted by Crippen LogP contribution is 2.22. The Morgan fingerprint density at radius 1 is 1.39 bits per heavy atom. The van der Waals surface area contributed by atoms with Gasteiger partial charge in [-0.3, -0.25) is 0 Å². The van der Waals surface area contributed by atoms with E-state index < -0.39 is 13.1 Å². The topological polar surface area (TPSA) is 55.8 Å². The van der Waals surface area contributed by atoms with Crippen molar-refractivity contribution in [3.05, 3.63) is 28.8 Å². The van der Waals surface area contributed by atoms with E-state index in [2.05, 4.69) is 0 Å². The van der Waals surface area contributed by atoms with Gasteiger partial charge >= 0.3 is 13.1 Å². The van der Waals surface area contributed by atoms with Crippen LogP contribution in [0.5, 0.6) is 0 Å². The molecule has 0 unspecified atom stereocenters. The number of carbonyl (C=O) groups is 1. The number of benzene rings is 1. The molecule has 0 radical (unpaired) electrons. The molecule has 4 nitrogen and oxygen atoms in total. The van der Waals surface area contributed by atoms with Crippen molar-refractivity contribution in [3.8, 4) is 0 Å². The predicted molar refractivity (Wildman–Crippen MR) is 69.5 cm³/mol. The number of carboxylic acids is 1. The molecule has 1 heterocycles. The molecule has 0 amide bonds. The van der Waals surface area contributed by atoms with Crippen LogP contribution in [0.15, 0.2) is 18.2 Å². The first-order chi connectivity index (χ1) is 8.39. The number of aromatic carboxylic acids is 1. The maximum Gasteiger partial charge on any atom is 0.493 e. The molecule has 1 fully saturated rings. The Morgan fingerprint density at radius 2 is 2.00 bits per heavy atom.